The van der Waals surface area contributed by atoms with E-state index in [2.05, 4.69) is 36.3 Å². The number of anilines is 2. The Balaban J connectivity index is 0.779. The number of oxazole rings is 1. The van der Waals surface area contributed by atoms with Crippen molar-refractivity contribution in [2.45, 2.75) is 88.9 Å². The molecule has 1 aromatic carbocycles. The average Bonchev–Trinajstić information content (AvgIpc) is 4.00. The van der Waals surface area contributed by atoms with Gasteiger partial charge in [-0.1, -0.05) is 12.1 Å². The van der Waals surface area contributed by atoms with E-state index in [0.717, 1.165) is 88.2 Å². The fourth-order valence-corrected chi connectivity index (χ4v) is 8.35. The second-order valence-corrected chi connectivity index (χ2v) is 16.2. The number of hydrogen-bond donors (Lipinski definition) is 5. The van der Waals surface area contributed by atoms with Gasteiger partial charge in [0.2, 0.25) is 17.7 Å². The lowest BCUT2D eigenvalue weighted by Gasteiger charge is -2.28. The molecule has 21 heteroatoms. The van der Waals surface area contributed by atoms with E-state index in [-0.39, 0.29) is 52.8 Å². The van der Waals surface area contributed by atoms with Crippen molar-refractivity contribution in [2.75, 3.05) is 43.5 Å². The highest BCUT2D eigenvalue weighted by Gasteiger charge is 2.32. The molecule has 1 aliphatic heterocycles. The number of halogens is 3. The minimum atomic E-state index is -4.43. The summed E-state index contributed by atoms with van der Waals surface area (Å²) < 4.78 is 54.0. The summed E-state index contributed by atoms with van der Waals surface area (Å²) in [6.07, 6.45) is 8.03. The number of primary amides is 1. The Bertz CT molecular complexity index is 2520. The standard InChI is InChI=1S/C43H52F3N11O7/c1-55-37-27(8-6-9-32(37)57(42(55)62)33-14-15-35(58)53-40(33)61)7-2-4-19-63-20-5-3-17-48-22-26-10-12-29(13-11-26)56-23-30(36(54-56)38(47)59)51-39(60)31-24-64-41(52-31)28-16-18-49-34(21-28)50-25-43(44,45)46/h6,8-9,16,18,21,23-24,26,29,33,48H,2-5,7,10-15,17,19-20,22,25H2,1H3,(H2,47,59)(H,49,50)(H,51,60)(H,53,58,61). The largest absolute Gasteiger partial charge is 0.444 e. The van der Waals surface area contributed by atoms with Crippen LogP contribution in [0.15, 0.2) is 58.2 Å². The van der Waals surface area contributed by atoms with Gasteiger partial charge in [-0.3, -0.25) is 38.3 Å². The number of alkyl halides is 3. The van der Waals surface area contributed by atoms with Crippen LogP contribution in [0.4, 0.5) is 24.7 Å². The number of aromatic nitrogens is 6. The second kappa shape index (κ2) is 20.4. The van der Waals surface area contributed by atoms with Gasteiger partial charge in [-0.05, 0) is 107 Å². The van der Waals surface area contributed by atoms with Crippen LogP contribution in [0.2, 0.25) is 0 Å². The van der Waals surface area contributed by atoms with Gasteiger partial charge in [0.25, 0.3) is 11.8 Å². The predicted octanol–water partition coefficient (Wildman–Crippen LogP) is 5.03. The van der Waals surface area contributed by atoms with Crippen molar-refractivity contribution in [3.8, 4) is 11.5 Å². The summed E-state index contributed by atoms with van der Waals surface area (Å²) in [5, 5.41) is 15.2. The molecule has 1 aliphatic carbocycles. The fraction of sp³-hybridized carbons (Fsp3) is 0.488. The van der Waals surface area contributed by atoms with E-state index >= 15 is 0 Å². The van der Waals surface area contributed by atoms with Crippen molar-refractivity contribution in [2.24, 2.45) is 18.7 Å². The molecule has 2 fully saturated rings. The zero-order valence-corrected chi connectivity index (χ0v) is 35.4. The first-order chi connectivity index (χ1) is 30.8. The van der Waals surface area contributed by atoms with Crippen molar-refractivity contribution >= 4 is 46.2 Å². The lowest BCUT2D eigenvalue weighted by atomic mass is 9.86. The summed E-state index contributed by atoms with van der Waals surface area (Å²) in [7, 11) is 1.72. The molecule has 2 aliphatic rings. The lowest BCUT2D eigenvalue weighted by Crippen LogP contribution is -2.44. The van der Waals surface area contributed by atoms with Crippen molar-refractivity contribution in [3.05, 3.63) is 76.4 Å². The topological polar surface area (TPSA) is 235 Å². The van der Waals surface area contributed by atoms with Crippen molar-refractivity contribution in [1.29, 1.82) is 0 Å². The number of rotatable bonds is 20. The normalized spacial score (nSPS) is 18.0. The number of pyridine rings is 1. The summed E-state index contributed by atoms with van der Waals surface area (Å²) >= 11 is 0. The molecule has 0 spiro atoms. The number of aryl methyl sites for hydroxylation is 2. The fourth-order valence-electron chi connectivity index (χ4n) is 8.35. The van der Waals surface area contributed by atoms with Gasteiger partial charge in [0.1, 0.15) is 24.7 Å². The van der Waals surface area contributed by atoms with Gasteiger partial charge in [0, 0.05) is 44.6 Å². The monoisotopic (exact) mass is 891 g/mol. The molecular formula is C43H52F3N11O7. The minimum Gasteiger partial charge on any atom is -0.444 e. The molecule has 64 heavy (non-hydrogen) atoms. The Kier molecular flexibility index (Phi) is 14.6. The van der Waals surface area contributed by atoms with E-state index in [1.165, 1.54) is 22.9 Å². The molecule has 7 rings (SSSR count). The van der Waals surface area contributed by atoms with Gasteiger partial charge in [-0.15, -0.1) is 0 Å². The van der Waals surface area contributed by atoms with Crippen LogP contribution < -0.4 is 32.7 Å². The maximum Gasteiger partial charge on any atom is 0.405 e. The third-order valence-electron chi connectivity index (χ3n) is 11.6. The molecule has 4 amide bonds. The molecule has 1 unspecified atom stereocenters. The summed E-state index contributed by atoms with van der Waals surface area (Å²) in [6.45, 7) is 1.81. The summed E-state index contributed by atoms with van der Waals surface area (Å²) in [5.41, 5.74) is 8.08. The Labute approximate surface area is 365 Å². The molecule has 0 bridgehead atoms. The van der Waals surface area contributed by atoms with E-state index in [1.54, 1.807) is 22.5 Å². The number of piperidine rings is 1. The third-order valence-corrected chi connectivity index (χ3v) is 11.6. The highest BCUT2D eigenvalue weighted by atomic mass is 19.4. The van der Waals surface area contributed by atoms with E-state index < -0.39 is 36.5 Å². The highest BCUT2D eigenvalue weighted by molar-refractivity contribution is 6.07. The number of hydrogen-bond acceptors (Lipinski definition) is 12. The number of para-hydroxylation sites is 1. The van der Waals surface area contributed by atoms with Crippen LogP contribution in [0.5, 0.6) is 0 Å². The number of carbonyl (C=O) groups is 4. The molecule has 5 aromatic rings. The highest BCUT2D eigenvalue weighted by Crippen LogP contribution is 2.33. The molecular weight excluding hydrogens is 840 g/mol. The van der Waals surface area contributed by atoms with Gasteiger partial charge in [0.15, 0.2) is 11.4 Å². The first-order valence-corrected chi connectivity index (χ1v) is 21.5. The number of benzene rings is 1. The van der Waals surface area contributed by atoms with Crippen LogP contribution in [-0.2, 0) is 27.8 Å². The number of ether oxygens (including phenoxy) is 1. The molecule has 0 radical (unpaired) electrons. The maximum absolute atomic E-state index is 13.2. The molecule has 6 N–H and O–H groups in total. The van der Waals surface area contributed by atoms with Crippen LogP contribution in [0.1, 0.15) is 103 Å². The predicted molar refractivity (Wildman–Crippen MR) is 228 cm³/mol. The average molecular weight is 892 g/mol. The van der Waals surface area contributed by atoms with Gasteiger partial charge >= 0.3 is 11.9 Å². The number of unbranched alkanes of at least 4 members (excludes halogenated alkanes) is 2. The van der Waals surface area contributed by atoms with E-state index in [9.17, 15) is 37.1 Å². The van der Waals surface area contributed by atoms with E-state index in [0.29, 0.717) is 36.6 Å². The summed E-state index contributed by atoms with van der Waals surface area (Å²) in [6, 6.07) is 7.85. The number of nitrogens with zero attached hydrogens (tertiary/aromatic N) is 6. The Hall–Kier alpha value is -6.35. The maximum atomic E-state index is 13.2. The van der Waals surface area contributed by atoms with Crippen LogP contribution in [0.25, 0.3) is 22.5 Å². The Morgan fingerprint density at radius 1 is 1.03 bits per heavy atom. The number of carbonyl (C=O) groups excluding carboxylic acids is 4. The van der Waals surface area contributed by atoms with Crippen LogP contribution in [0, 0.1) is 5.92 Å². The second-order valence-electron chi connectivity index (χ2n) is 16.2. The summed E-state index contributed by atoms with van der Waals surface area (Å²) in [4.78, 5) is 70.8. The number of amides is 4. The number of imide groups is 1. The SMILES string of the molecule is Cn1c(=O)n(C2CCC(=O)NC2=O)c2cccc(CCCCOCCCCNCC3CCC(n4cc(NC(=O)c5coc(-c6ccnc(NCC(F)(F)F)c6)n5)c(C(N)=O)n4)CC3)c21. The first kappa shape index (κ1) is 45.7. The number of fused-ring (bicyclic) bond motifs is 1. The number of imidazole rings is 1. The van der Waals surface area contributed by atoms with Crippen LogP contribution >= 0.6 is 0 Å². The quantitative estimate of drug-likeness (QED) is 0.0512. The van der Waals surface area contributed by atoms with E-state index in [1.807, 2.05) is 18.2 Å². The lowest BCUT2D eigenvalue weighted by molar-refractivity contribution is -0.135. The smallest absolute Gasteiger partial charge is 0.405 e. The van der Waals surface area contributed by atoms with Crippen molar-refractivity contribution < 1.29 is 41.5 Å². The molecule has 1 atom stereocenters. The van der Waals surface area contributed by atoms with Gasteiger partial charge in [-0.2, -0.15) is 18.3 Å². The zero-order chi connectivity index (χ0) is 45.4. The Morgan fingerprint density at radius 2 is 1.81 bits per heavy atom. The van der Waals surface area contributed by atoms with Gasteiger partial charge in [0.05, 0.1) is 22.8 Å². The molecule has 18 nitrogen and oxygen atoms in total. The van der Waals surface area contributed by atoms with Crippen molar-refractivity contribution in [1.82, 2.24) is 39.5 Å². The van der Waals surface area contributed by atoms with Gasteiger partial charge in [-0.25, -0.2) is 14.8 Å². The molecule has 1 saturated carbocycles. The van der Waals surface area contributed by atoms with Crippen LogP contribution in [0.3, 0.4) is 0 Å². The summed E-state index contributed by atoms with van der Waals surface area (Å²) in [5.74, 6) is -1.84. The Morgan fingerprint density at radius 3 is 2.56 bits per heavy atom. The molecule has 342 valence electrons. The van der Waals surface area contributed by atoms with Crippen molar-refractivity contribution in [3.63, 3.8) is 0 Å². The van der Waals surface area contributed by atoms with Gasteiger partial charge < -0.3 is 30.8 Å². The first-order valence-electron chi connectivity index (χ1n) is 21.5. The minimum absolute atomic E-state index is 0.0111. The zero-order valence-electron chi connectivity index (χ0n) is 35.4. The molecule has 1 saturated heterocycles. The van der Waals surface area contributed by atoms with E-state index in [4.69, 9.17) is 14.9 Å². The number of nitrogens with one attached hydrogen (secondary N) is 4. The third kappa shape index (κ3) is 11.2. The van der Waals surface area contributed by atoms with Crippen LogP contribution in [-0.4, -0.2) is 91.5 Å². The number of nitrogens with two attached hydrogens (primary N) is 1. The molecule has 4 aromatic heterocycles. The molecule has 5 heterocycles.